The number of hydrogen-bond donors (Lipinski definition) is 2. The fraction of sp³-hybridized carbons (Fsp3) is 0.364. The zero-order valence-corrected chi connectivity index (χ0v) is 20.3. The predicted molar refractivity (Wildman–Crippen MR) is 119 cm³/mol. The molecule has 1 atom stereocenters. The SMILES string of the molecule is Cc1ccc(C(=O)N2CCn3c(Cn4cccn4)cnc3C2C)cn1.O=C(O)C(F)(F)F.O=C(O)C(F)(F)F. The van der Waals surface area contributed by atoms with Crippen LogP contribution in [0.15, 0.2) is 43.0 Å². The highest BCUT2D eigenvalue weighted by molar-refractivity contribution is 5.94. The summed E-state index contributed by atoms with van der Waals surface area (Å²) < 4.78 is 67.5. The maximum absolute atomic E-state index is 12.8. The molecule has 1 unspecified atom stereocenters. The third kappa shape index (κ3) is 8.54. The lowest BCUT2D eigenvalue weighted by Crippen LogP contribution is -2.41. The van der Waals surface area contributed by atoms with Crippen LogP contribution in [0.2, 0.25) is 0 Å². The third-order valence-corrected chi connectivity index (χ3v) is 5.16. The summed E-state index contributed by atoms with van der Waals surface area (Å²) in [5.74, 6) is -4.59. The molecule has 11 nitrogen and oxygen atoms in total. The van der Waals surface area contributed by atoms with E-state index < -0.39 is 24.3 Å². The molecular formula is C22H22F6N6O5. The number of aliphatic carboxylic acids is 2. The number of aromatic nitrogens is 5. The minimum Gasteiger partial charge on any atom is -0.475 e. The Morgan fingerprint density at radius 1 is 0.974 bits per heavy atom. The molecule has 0 fully saturated rings. The number of nitrogens with zero attached hydrogens (tertiary/aromatic N) is 6. The lowest BCUT2D eigenvalue weighted by Gasteiger charge is -2.34. The van der Waals surface area contributed by atoms with Gasteiger partial charge in [0.2, 0.25) is 0 Å². The van der Waals surface area contributed by atoms with Crippen molar-refractivity contribution in [1.82, 2.24) is 29.2 Å². The van der Waals surface area contributed by atoms with Crippen molar-refractivity contribution in [3.05, 3.63) is 65.8 Å². The number of imidazole rings is 1. The maximum Gasteiger partial charge on any atom is 0.490 e. The Kier molecular flexibility index (Phi) is 9.79. The summed E-state index contributed by atoms with van der Waals surface area (Å²) in [5, 5.41) is 18.5. The number of alkyl halides is 6. The van der Waals surface area contributed by atoms with Gasteiger partial charge >= 0.3 is 24.3 Å². The number of carbonyl (C=O) groups excluding carboxylic acids is 1. The van der Waals surface area contributed by atoms with Crippen molar-refractivity contribution in [3.8, 4) is 0 Å². The van der Waals surface area contributed by atoms with Gasteiger partial charge in [0, 0.05) is 37.4 Å². The Labute approximate surface area is 216 Å². The molecule has 0 saturated carbocycles. The number of pyridine rings is 1. The van der Waals surface area contributed by atoms with Gasteiger partial charge in [-0.3, -0.25) is 14.5 Å². The van der Waals surface area contributed by atoms with Gasteiger partial charge in [0.1, 0.15) is 5.82 Å². The number of carboxylic acid groups (broad SMARTS) is 2. The number of hydrogen-bond acceptors (Lipinski definition) is 6. The zero-order chi connectivity index (χ0) is 29.5. The van der Waals surface area contributed by atoms with Crippen molar-refractivity contribution in [2.45, 2.75) is 45.3 Å². The molecule has 4 rings (SSSR count). The van der Waals surface area contributed by atoms with E-state index in [1.165, 1.54) is 0 Å². The largest absolute Gasteiger partial charge is 0.490 e. The highest BCUT2D eigenvalue weighted by atomic mass is 19.4. The first-order valence-corrected chi connectivity index (χ1v) is 10.9. The Balaban J connectivity index is 0.000000317. The summed E-state index contributed by atoms with van der Waals surface area (Å²) in [6.45, 7) is 6.01. The molecule has 0 radical (unpaired) electrons. The second kappa shape index (κ2) is 12.4. The Morgan fingerprint density at radius 3 is 2.03 bits per heavy atom. The van der Waals surface area contributed by atoms with E-state index in [0.717, 1.165) is 23.8 Å². The van der Waals surface area contributed by atoms with Crippen molar-refractivity contribution in [3.63, 3.8) is 0 Å². The second-order valence-corrected chi connectivity index (χ2v) is 7.93. The third-order valence-electron chi connectivity index (χ3n) is 5.16. The lowest BCUT2D eigenvalue weighted by atomic mass is 10.1. The van der Waals surface area contributed by atoms with Crippen molar-refractivity contribution >= 4 is 17.8 Å². The quantitative estimate of drug-likeness (QED) is 0.462. The van der Waals surface area contributed by atoms with Crippen LogP contribution in [0.4, 0.5) is 26.3 Å². The van der Waals surface area contributed by atoms with E-state index in [0.29, 0.717) is 18.7 Å². The zero-order valence-electron chi connectivity index (χ0n) is 20.3. The van der Waals surface area contributed by atoms with Gasteiger partial charge in [0.25, 0.3) is 5.91 Å². The number of fused-ring (bicyclic) bond motifs is 1. The standard InChI is InChI=1S/C18H20N6O.2C2HF3O2/c1-13-4-5-15(10-19-13)18(25)23-8-9-24-16(11-20-17(24)14(23)2)12-22-7-3-6-21-22;2*3-2(4,5)1(6)7/h3-7,10-11,14H,8-9,12H2,1-2H3;2*(H,6,7). The fourth-order valence-electron chi connectivity index (χ4n) is 3.28. The molecule has 4 heterocycles. The molecule has 3 aromatic heterocycles. The second-order valence-electron chi connectivity index (χ2n) is 7.93. The molecule has 39 heavy (non-hydrogen) atoms. The number of carbonyl (C=O) groups is 3. The molecule has 0 bridgehead atoms. The molecule has 0 saturated heterocycles. The molecule has 212 valence electrons. The maximum atomic E-state index is 12.8. The molecule has 17 heteroatoms. The van der Waals surface area contributed by atoms with Crippen molar-refractivity contribution in [2.75, 3.05) is 6.54 Å². The first-order valence-electron chi connectivity index (χ1n) is 10.9. The van der Waals surface area contributed by atoms with Crippen LogP contribution in [0.25, 0.3) is 0 Å². The normalized spacial score (nSPS) is 14.8. The van der Waals surface area contributed by atoms with Crippen LogP contribution < -0.4 is 0 Å². The summed E-state index contributed by atoms with van der Waals surface area (Å²) in [7, 11) is 0. The van der Waals surface area contributed by atoms with Gasteiger partial charge in [-0.15, -0.1) is 0 Å². The van der Waals surface area contributed by atoms with E-state index in [-0.39, 0.29) is 11.9 Å². The smallest absolute Gasteiger partial charge is 0.475 e. The van der Waals surface area contributed by atoms with Gasteiger partial charge in [-0.1, -0.05) is 0 Å². The molecule has 1 aliphatic heterocycles. The number of aryl methyl sites for hydroxylation is 1. The van der Waals surface area contributed by atoms with E-state index in [2.05, 4.69) is 19.6 Å². The highest BCUT2D eigenvalue weighted by Crippen LogP contribution is 2.27. The molecular weight excluding hydrogens is 542 g/mol. The number of amides is 1. The predicted octanol–water partition coefficient (Wildman–Crippen LogP) is 3.31. The van der Waals surface area contributed by atoms with Crippen LogP contribution in [-0.4, -0.2) is 76.2 Å². The van der Waals surface area contributed by atoms with Crippen LogP contribution in [0, 0.1) is 6.92 Å². The number of carboxylic acids is 2. The van der Waals surface area contributed by atoms with Gasteiger partial charge in [-0.2, -0.15) is 31.4 Å². The van der Waals surface area contributed by atoms with Gasteiger partial charge in [-0.25, -0.2) is 14.6 Å². The van der Waals surface area contributed by atoms with Gasteiger partial charge < -0.3 is 19.7 Å². The first-order chi connectivity index (χ1) is 18.0. The van der Waals surface area contributed by atoms with Crippen LogP contribution in [-0.2, 0) is 22.7 Å². The number of rotatable bonds is 3. The van der Waals surface area contributed by atoms with Crippen LogP contribution in [0.5, 0.6) is 0 Å². The summed E-state index contributed by atoms with van der Waals surface area (Å²) in [6.07, 6.45) is -2.93. The summed E-state index contributed by atoms with van der Waals surface area (Å²) in [4.78, 5) is 41.3. The Morgan fingerprint density at radius 2 is 1.56 bits per heavy atom. The van der Waals surface area contributed by atoms with E-state index in [9.17, 15) is 31.1 Å². The van der Waals surface area contributed by atoms with E-state index in [1.54, 1.807) is 12.4 Å². The van der Waals surface area contributed by atoms with Gasteiger partial charge in [-0.05, 0) is 32.0 Å². The monoisotopic (exact) mass is 564 g/mol. The van der Waals surface area contributed by atoms with Gasteiger partial charge in [0.15, 0.2) is 0 Å². The van der Waals surface area contributed by atoms with Crippen LogP contribution in [0.3, 0.4) is 0 Å². The average Bonchev–Trinajstić information content (AvgIpc) is 3.50. The molecule has 3 aromatic rings. The van der Waals surface area contributed by atoms with Crippen LogP contribution in [0.1, 0.15) is 40.5 Å². The van der Waals surface area contributed by atoms with Crippen molar-refractivity contribution < 1.29 is 50.9 Å². The molecule has 1 aliphatic rings. The molecule has 0 aromatic carbocycles. The molecule has 0 aliphatic carbocycles. The van der Waals surface area contributed by atoms with Gasteiger partial charge in [0.05, 0.1) is 30.0 Å². The Bertz CT molecular complexity index is 1250. The fourth-order valence-corrected chi connectivity index (χ4v) is 3.28. The Hall–Kier alpha value is -4.44. The molecule has 2 N–H and O–H groups in total. The average molecular weight is 564 g/mol. The summed E-state index contributed by atoms with van der Waals surface area (Å²) >= 11 is 0. The van der Waals surface area contributed by atoms with E-state index >= 15 is 0 Å². The van der Waals surface area contributed by atoms with Crippen molar-refractivity contribution in [2.24, 2.45) is 0 Å². The van der Waals surface area contributed by atoms with E-state index in [1.807, 2.05) is 54.0 Å². The molecule has 0 spiro atoms. The van der Waals surface area contributed by atoms with Crippen molar-refractivity contribution in [1.29, 1.82) is 0 Å². The summed E-state index contributed by atoms with van der Waals surface area (Å²) in [6, 6.07) is 5.53. The first kappa shape index (κ1) is 30.8. The van der Waals surface area contributed by atoms with Crippen LogP contribution >= 0.6 is 0 Å². The lowest BCUT2D eigenvalue weighted by molar-refractivity contribution is -0.193. The topological polar surface area (TPSA) is 143 Å². The minimum absolute atomic E-state index is 0.00266. The highest BCUT2D eigenvalue weighted by Gasteiger charge is 2.39. The summed E-state index contributed by atoms with van der Waals surface area (Å²) in [5.41, 5.74) is 2.63. The molecule has 1 amide bonds. The minimum atomic E-state index is -5.08. The van der Waals surface area contributed by atoms with E-state index in [4.69, 9.17) is 19.8 Å². The number of halogens is 6.